The predicted octanol–water partition coefficient (Wildman–Crippen LogP) is 3.23. The molecule has 9 nitrogen and oxygen atoms in total. The van der Waals surface area contributed by atoms with E-state index in [0.717, 1.165) is 12.1 Å². The van der Waals surface area contributed by atoms with Crippen molar-refractivity contribution in [2.75, 3.05) is 13.7 Å². The van der Waals surface area contributed by atoms with Crippen LogP contribution in [0.4, 0.5) is 5.69 Å². The van der Waals surface area contributed by atoms with Gasteiger partial charge in [-0.1, -0.05) is 23.7 Å². The summed E-state index contributed by atoms with van der Waals surface area (Å²) in [7, 11) is -2.93. The summed E-state index contributed by atoms with van der Waals surface area (Å²) in [6, 6.07) is 8.62. The zero-order chi connectivity index (χ0) is 21.6. The van der Waals surface area contributed by atoms with E-state index in [1.165, 1.54) is 13.2 Å². The molecule has 156 valence electrons. The molecule has 0 bridgehead atoms. The number of hydrogen-bond donors (Lipinski definition) is 1. The lowest BCUT2D eigenvalue weighted by atomic mass is 10.0. The van der Waals surface area contributed by atoms with Gasteiger partial charge in [0.1, 0.15) is 5.75 Å². The van der Waals surface area contributed by atoms with E-state index in [2.05, 4.69) is 4.72 Å². The lowest BCUT2D eigenvalue weighted by molar-refractivity contribution is -0.387. The Bertz CT molecular complexity index is 1010. The van der Waals surface area contributed by atoms with Gasteiger partial charge in [-0.25, -0.2) is 13.1 Å². The van der Waals surface area contributed by atoms with Crippen molar-refractivity contribution in [3.8, 4) is 5.75 Å². The van der Waals surface area contributed by atoms with Crippen molar-refractivity contribution in [3.63, 3.8) is 0 Å². The summed E-state index contributed by atoms with van der Waals surface area (Å²) in [6.45, 7) is 1.75. The van der Waals surface area contributed by atoms with Crippen molar-refractivity contribution in [2.45, 2.75) is 24.3 Å². The van der Waals surface area contributed by atoms with E-state index in [-0.39, 0.29) is 18.1 Å². The Kier molecular flexibility index (Phi) is 7.54. The van der Waals surface area contributed by atoms with Gasteiger partial charge in [-0.3, -0.25) is 14.9 Å². The second kappa shape index (κ2) is 9.68. The minimum absolute atomic E-state index is 0.0199. The molecule has 0 aliphatic carbocycles. The van der Waals surface area contributed by atoms with E-state index >= 15 is 0 Å². The lowest BCUT2D eigenvalue weighted by Crippen LogP contribution is -2.31. The fourth-order valence-electron chi connectivity index (χ4n) is 2.58. The number of carbonyl (C=O) groups excluding carboxylic acids is 1. The molecule has 0 radical (unpaired) electrons. The molecule has 2 aromatic carbocycles. The zero-order valence-electron chi connectivity index (χ0n) is 15.6. The summed E-state index contributed by atoms with van der Waals surface area (Å²) in [4.78, 5) is 21.9. The number of methoxy groups -OCH3 is 1. The number of nitrogens with one attached hydrogen (secondary N) is 1. The van der Waals surface area contributed by atoms with Crippen molar-refractivity contribution in [1.29, 1.82) is 0 Å². The molecule has 2 aromatic rings. The SMILES string of the molecule is CCOC(=O)C[C@H](NS(=O)(=O)c1ccc(Cl)cc1[N+](=O)[O-])c1cccc(OC)c1. The molecular weight excluding hydrogens is 424 g/mol. The highest BCUT2D eigenvalue weighted by Gasteiger charge is 2.30. The van der Waals surface area contributed by atoms with Crippen LogP contribution < -0.4 is 9.46 Å². The molecule has 0 amide bonds. The topological polar surface area (TPSA) is 125 Å². The first-order valence-corrected chi connectivity index (χ1v) is 10.3. The zero-order valence-corrected chi connectivity index (χ0v) is 17.2. The fourth-order valence-corrected chi connectivity index (χ4v) is 4.13. The summed E-state index contributed by atoms with van der Waals surface area (Å²) in [5.41, 5.74) is -0.247. The van der Waals surface area contributed by atoms with Crippen molar-refractivity contribution < 1.29 is 27.6 Å². The van der Waals surface area contributed by atoms with Gasteiger partial charge in [0.25, 0.3) is 5.69 Å². The largest absolute Gasteiger partial charge is 0.497 e. The van der Waals surface area contributed by atoms with Crippen LogP contribution in [0.25, 0.3) is 0 Å². The summed E-state index contributed by atoms with van der Waals surface area (Å²) in [5, 5.41) is 11.3. The molecule has 29 heavy (non-hydrogen) atoms. The second-order valence-electron chi connectivity index (χ2n) is 5.83. The third-order valence-electron chi connectivity index (χ3n) is 3.88. The predicted molar refractivity (Wildman–Crippen MR) is 105 cm³/mol. The Balaban J connectivity index is 2.46. The van der Waals surface area contributed by atoms with Gasteiger partial charge >= 0.3 is 5.97 Å². The number of hydrogen-bond acceptors (Lipinski definition) is 7. The van der Waals surface area contributed by atoms with Crippen LogP contribution in [0.15, 0.2) is 47.4 Å². The van der Waals surface area contributed by atoms with Crippen LogP contribution in [0.3, 0.4) is 0 Å². The maximum Gasteiger partial charge on any atom is 0.307 e. The van der Waals surface area contributed by atoms with Crippen molar-refractivity contribution in [3.05, 3.63) is 63.2 Å². The molecule has 1 N–H and O–H groups in total. The lowest BCUT2D eigenvalue weighted by Gasteiger charge is -2.19. The Morgan fingerprint density at radius 2 is 2.00 bits per heavy atom. The Morgan fingerprint density at radius 1 is 1.28 bits per heavy atom. The van der Waals surface area contributed by atoms with E-state index in [1.807, 2.05) is 0 Å². The van der Waals surface area contributed by atoms with Crippen LogP contribution >= 0.6 is 11.6 Å². The van der Waals surface area contributed by atoms with Gasteiger partial charge in [0, 0.05) is 11.1 Å². The van der Waals surface area contributed by atoms with Gasteiger partial charge in [-0.2, -0.15) is 0 Å². The normalized spacial score (nSPS) is 12.2. The molecule has 0 aromatic heterocycles. The van der Waals surface area contributed by atoms with Crippen molar-refractivity contribution in [2.24, 2.45) is 0 Å². The van der Waals surface area contributed by atoms with E-state index in [9.17, 15) is 23.3 Å². The van der Waals surface area contributed by atoms with Gasteiger partial charge in [0.15, 0.2) is 4.90 Å². The minimum Gasteiger partial charge on any atom is -0.497 e. The number of esters is 1. The summed E-state index contributed by atoms with van der Waals surface area (Å²) in [5.74, 6) is -0.179. The Hall–Kier alpha value is -2.69. The van der Waals surface area contributed by atoms with E-state index in [0.29, 0.717) is 11.3 Å². The molecule has 1 atom stereocenters. The Morgan fingerprint density at radius 3 is 2.62 bits per heavy atom. The summed E-state index contributed by atoms with van der Waals surface area (Å²) >= 11 is 5.75. The van der Waals surface area contributed by atoms with Gasteiger partial charge in [-0.15, -0.1) is 0 Å². The number of sulfonamides is 1. The molecule has 2 rings (SSSR count). The molecule has 0 aliphatic rings. The summed E-state index contributed by atoms with van der Waals surface area (Å²) < 4.78 is 38.2. The molecule has 0 fully saturated rings. The molecular formula is C18H19ClN2O7S. The molecule has 0 spiro atoms. The second-order valence-corrected chi connectivity index (χ2v) is 7.95. The first kappa shape index (κ1) is 22.6. The smallest absolute Gasteiger partial charge is 0.307 e. The van der Waals surface area contributed by atoms with Gasteiger partial charge in [0.2, 0.25) is 10.0 Å². The van der Waals surface area contributed by atoms with Crippen molar-refractivity contribution in [1.82, 2.24) is 4.72 Å². The highest BCUT2D eigenvalue weighted by molar-refractivity contribution is 7.89. The third kappa shape index (κ3) is 5.89. The quantitative estimate of drug-likeness (QED) is 0.359. The third-order valence-corrected chi connectivity index (χ3v) is 5.63. The monoisotopic (exact) mass is 442 g/mol. The molecule has 0 unspecified atom stereocenters. The highest BCUT2D eigenvalue weighted by Crippen LogP contribution is 2.30. The van der Waals surface area contributed by atoms with Crippen LogP contribution in [-0.4, -0.2) is 33.0 Å². The van der Waals surface area contributed by atoms with Crippen LogP contribution in [-0.2, 0) is 19.6 Å². The number of nitrogens with zero attached hydrogens (tertiary/aromatic N) is 1. The number of nitro groups is 1. The van der Waals surface area contributed by atoms with E-state index in [4.69, 9.17) is 21.1 Å². The number of benzene rings is 2. The number of halogens is 1. The van der Waals surface area contributed by atoms with E-state index < -0.39 is 37.5 Å². The summed E-state index contributed by atoms with van der Waals surface area (Å²) in [6.07, 6.45) is -0.318. The molecule has 0 saturated carbocycles. The number of nitro benzene ring substituents is 1. The number of ether oxygens (including phenoxy) is 2. The highest BCUT2D eigenvalue weighted by atomic mass is 35.5. The molecule has 0 saturated heterocycles. The number of rotatable bonds is 9. The van der Waals surface area contributed by atoms with Gasteiger partial charge in [-0.05, 0) is 36.8 Å². The van der Waals surface area contributed by atoms with Gasteiger partial charge in [0.05, 0.1) is 31.1 Å². The first-order valence-electron chi connectivity index (χ1n) is 8.43. The van der Waals surface area contributed by atoms with Crippen molar-refractivity contribution >= 4 is 33.3 Å². The Labute approximate surface area is 172 Å². The van der Waals surface area contributed by atoms with Crippen LogP contribution in [0.2, 0.25) is 5.02 Å². The van der Waals surface area contributed by atoms with Gasteiger partial charge < -0.3 is 9.47 Å². The maximum absolute atomic E-state index is 12.9. The minimum atomic E-state index is -4.38. The molecule has 0 aliphatic heterocycles. The fraction of sp³-hybridized carbons (Fsp3) is 0.278. The maximum atomic E-state index is 12.9. The van der Waals surface area contributed by atoms with Crippen LogP contribution in [0.5, 0.6) is 5.75 Å². The van der Waals surface area contributed by atoms with Crippen LogP contribution in [0.1, 0.15) is 24.9 Å². The molecule has 0 heterocycles. The molecule has 11 heteroatoms. The average Bonchev–Trinajstić information content (AvgIpc) is 2.67. The average molecular weight is 443 g/mol. The number of carbonyl (C=O) groups is 1. The van der Waals surface area contributed by atoms with E-state index in [1.54, 1.807) is 31.2 Å². The first-order chi connectivity index (χ1) is 13.7. The standard InChI is InChI=1S/C18H19ClN2O7S/c1-3-28-18(22)11-15(12-5-4-6-14(9-12)27-2)20-29(25,26)17-8-7-13(19)10-16(17)21(23)24/h4-10,15,20H,3,11H2,1-2H3/t15-/m0/s1. The van der Waals surface area contributed by atoms with Crippen LogP contribution in [0, 0.1) is 10.1 Å².